The van der Waals surface area contributed by atoms with Crippen LogP contribution in [0.4, 0.5) is 0 Å². The SMILES string of the molecule is O=CC(=CCc1ccccc1)[c-]1cccc1.[Fe].[cH-]1[cH-][cH-][cH-][cH-]1. The minimum Gasteiger partial charge on any atom is -0.748 e. The molecule has 3 aromatic carbocycles. The average Bonchev–Trinajstić information content (AvgIpc) is 3.25. The average molecular weight is 330 g/mol. The van der Waals surface area contributed by atoms with Gasteiger partial charge in [-0.25, -0.2) is 0 Å². The Morgan fingerprint density at radius 3 is 1.95 bits per heavy atom. The summed E-state index contributed by atoms with van der Waals surface area (Å²) in [5.41, 5.74) is 2.97. The maximum absolute atomic E-state index is 11.0. The fourth-order valence-electron chi connectivity index (χ4n) is 1.96. The zero-order valence-electron chi connectivity index (χ0n) is 12.2. The fourth-order valence-corrected chi connectivity index (χ4v) is 1.96. The molecule has 0 fully saturated rings. The maximum atomic E-state index is 11.0. The van der Waals surface area contributed by atoms with E-state index in [0.717, 1.165) is 23.8 Å². The first-order valence-electron chi connectivity index (χ1n) is 6.98. The van der Waals surface area contributed by atoms with Crippen LogP contribution in [-0.2, 0) is 28.3 Å². The molecule has 3 aromatic rings. The molecule has 0 unspecified atom stereocenters. The van der Waals surface area contributed by atoms with Crippen molar-refractivity contribution in [2.75, 3.05) is 0 Å². The van der Waals surface area contributed by atoms with E-state index >= 15 is 0 Å². The van der Waals surface area contributed by atoms with E-state index in [4.69, 9.17) is 0 Å². The van der Waals surface area contributed by atoms with Gasteiger partial charge in [-0.15, -0.1) is 18.2 Å². The van der Waals surface area contributed by atoms with Gasteiger partial charge in [-0.2, -0.15) is 12.1 Å². The summed E-state index contributed by atoms with van der Waals surface area (Å²) in [5, 5.41) is 0. The zero-order chi connectivity index (χ0) is 14.8. The minimum absolute atomic E-state index is 0. The second kappa shape index (κ2) is 10.6. The minimum atomic E-state index is 0. The molecule has 2 heteroatoms. The second-order valence-electron chi connectivity index (χ2n) is 4.60. The molecule has 0 N–H and O–H groups in total. The Kier molecular flexibility index (Phi) is 8.59. The summed E-state index contributed by atoms with van der Waals surface area (Å²) in [6.45, 7) is 0. The molecule has 0 saturated heterocycles. The monoisotopic (exact) mass is 330 g/mol. The molecule has 0 heterocycles. The first kappa shape index (κ1) is 17.9. The first-order chi connectivity index (χ1) is 10.4. The molecule has 0 aromatic heterocycles. The Hall–Kier alpha value is -2.15. The van der Waals surface area contributed by atoms with Crippen LogP contribution >= 0.6 is 0 Å². The van der Waals surface area contributed by atoms with E-state index in [1.165, 1.54) is 5.56 Å². The van der Waals surface area contributed by atoms with Crippen LogP contribution in [0, 0.1) is 0 Å². The number of benzene rings is 1. The van der Waals surface area contributed by atoms with Crippen molar-refractivity contribution in [2.45, 2.75) is 6.42 Å². The molecular formula is C20H18FeO-6. The Morgan fingerprint density at radius 2 is 1.45 bits per heavy atom. The smallest absolute Gasteiger partial charge is 0.0830 e. The third-order valence-electron chi connectivity index (χ3n) is 3.08. The zero-order valence-corrected chi connectivity index (χ0v) is 13.3. The van der Waals surface area contributed by atoms with Gasteiger partial charge in [-0.05, 0) is 6.42 Å². The van der Waals surface area contributed by atoms with E-state index < -0.39 is 0 Å². The van der Waals surface area contributed by atoms with Gasteiger partial charge in [0.2, 0.25) is 0 Å². The fraction of sp³-hybridized carbons (Fsp3) is 0.0500. The quantitative estimate of drug-likeness (QED) is 0.295. The third kappa shape index (κ3) is 6.09. The summed E-state index contributed by atoms with van der Waals surface area (Å²) in [7, 11) is 0. The predicted molar refractivity (Wildman–Crippen MR) is 88.3 cm³/mol. The van der Waals surface area contributed by atoms with E-state index in [9.17, 15) is 4.79 Å². The number of allylic oxidation sites excluding steroid dienone is 2. The van der Waals surface area contributed by atoms with Crippen LogP contribution in [0.15, 0.2) is 91.0 Å². The molecular weight excluding hydrogens is 312 g/mol. The van der Waals surface area contributed by atoms with Crippen LogP contribution in [0.2, 0.25) is 0 Å². The van der Waals surface area contributed by atoms with Crippen molar-refractivity contribution in [3.05, 3.63) is 102 Å². The Morgan fingerprint density at radius 1 is 0.909 bits per heavy atom. The van der Waals surface area contributed by atoms with Gasteiger partial charge in [0, 0.05) is 17.1 Å². The van der Waals surface area contributed by atoms with Crippen molar-refractivity contribution < 1.29 is 21.9 Å². The second-order valence-corrected chi connectivity index (χ2v) is 4.60. The van der Waals surface area contributed by atoms with E-state index in [1.54, 1.807) is 0 Å². The standard InChI is InChI=1S/C15H13O.C5H5.Fe/c16-12-15(14-8-4-5-9-14)11-10-13-6-2-1-3-7-13;1-2-4-5-3-1;/h1-9,11-12H,10H2;1-5H;/q-1;-5;. The predicted octanol–water partition coefficient (Wildman–Crippen LogP) is 4.63. The molecule has 0 radical (unpaired) electrons. The number of carbonyl (C=O) groups excluding carboxylic acids is 1. The van der Waals surface area contributed by atoms with Gasteiger partial charge in [-0.1, -0.05) is 47.0 Å². The van der Waals surface area contributed by atoms with Crippen molar-refractivity contribution in [1.82, 2.24) is 0 Å². The molecule has 3 rings (SSSR count). The van der Waals surface area contributed by atoms with Gasteiger partial charge in [0.1, 0.15) is 0 Å². The van der Waals surface area contributed by atoms with Crippen LogP contribution in [0.3, 0.4) is 0 Å². The number of hydrogen-bond donors (Lipinski definition) is 0. The largest absolute Gasteiger partial charge is 0.748 e. The number of hydrogen-bond acceptors (Lipinski definition) is 1. The van der Waals surface area contributed by atoms with Crippen LogP contribution in [0.25, 0.3) is 5.57 Å². The number of carbonyl (C=O) groups is 1. The van der Waals surface area contributed by atoms with Gasteiger partial charge >= 0.3 is 0 Å². The molecule has 0 spiro atoms. The molecule has 0 bridgehead atoms. The summed E-state index contributed by atoms with van der Waals surface area (Å²) < 4.78 is 0. The normalized spacial score (nSPS) is 10.1. The van der Waals surface area contributed by atoms with Gasteiger partial charge in [0.15, 0.2) is 0 Å². The van der Waals surface area contributed by atoms with Crippen LogP contribution in [0.1, 0.15) is 11.1 Å². The maximum Gasteiger partial charge on any atom is 0.0830 e. The Balaban J connectivity index is 0.000000344. The van der Waals surface area contributed by atoms with Gasteiger partial charge in [0.25, 0.3) is 0 Å². The number of rotatable bonds is 4. The van der Waals surface area contributed by atoms with E-state index in [2.05, 4.69) is 12.1 Å². The Labute approximate surface area is 142 Å². The van der Waals surface area contributed by atoms with Gasteiger partial charge in [0.05, 0.1) is 6.29 Å². The van der Waals surface area contributed by atoms with Crippen LogP contribution in [-0.4, -0.2) is 6.29 Å². The molecule has 0 aliphatic heterocycles. The summed E-state index contributed by atoms with van der Waals surface area (Å²) in [6, 6.07) is 27.9. The van der Waals surface area contributed by atoms with Gasteiger partial charge in [-0.3, -0.25) is 0 Å². The van der Waals surface area contributed by atoms with Crippen molar-refractivity contribution in [3.8, 4) is 0 Å². The van der Waals surface area contributed by atoms with Crippen molar-refractivity contribution in [1.29, 1.82) is 0 Å². The Bertz CT molecular complexity index is 617. The topological polar surface area (TPSA) is 17.1 Å². The summed E-state index contributed by atoms with van der Waals surface area (Å²) >= 11 is 0. The molecule has 0 atom stereocenters. The summed E-state index contributed by atoms with van der Waals surface area (Å²) in [5.74, 6) is 0. The molecule has 0 aliphatic rings. The number of aldehydes is 1. The van der Waals surface area contributed by atoms with E-state index in [0.29, 0.717) is 0 Å². The first-order valence-corrected chi connectivity index (χ1v) is 6.98. The molecule has 1 nitrogen and oxygen atoms in total. The van der Waals surface area contributed by atoms with Crippen LogP contribution < -0.4 is 0 Å². The van der Waals surface area contributed by atoms with Gasteiger partial charge < -0.3 is 35.1 Å². The van der Waals surface area contributed by atoms with Crippen molar-refractivity contribution in [2.24, 2.45) is 0 Å². The summed E-state index contributed by atoms with van der Waals surface area (Å²) in [4.78, 5) is 11.0. The molecule has 118 valence electrons. The molecule has 22 heavy (non-hydrogen) atoms. The van der Waals surface area contributed by atoms with E-state index in [-0.39, 0.29) is 17.1 Å². The molecule has 0 saturated carbocycles. The third-order valence-corrected chi connectivity index (χ3v) is 3.08. The van der Waals surface area contributed by atoms with E-state index in [1.807, 2.05) is 78.9 Å². The molecule has 0 aliphatic carbocycles. The molecule has 0 amide bonds. The summed E-state index contributed by atoms with van der Waals surface area (Å²) in [6.07, 6.45) is 3.68. The van der Waals surface area contributed by atoms with Crippen LogP contribution in [0.5, 0.6) is 0 Å². The van der Waals surface area contributed by atoms with Crippen molar-refractivity contribution >= 4 is 11.9 Å². The van der Waals surface area contributed by atoms with Crippen molar-refractivity contribution in [3.63, 3.8) is 0 Å².